The Balaban J connectivity index is 2.01. The van der Waals surface area contributed by atoms with Crippen molar-refractivity contribution in [2.75, 3.05) is 18.4 Å². The van der Waals surface area contributed by atoms with Crippen LogP contribution in [0, 0.1) is 19.7 Å². The monoisotopic (exact) mass is 362 g/mol. The lowest BCUT2D eigenvalue weighted by Gasteiger charge is -2.36. The van der Waals surface area contributed by atoms with Crippen molar-refractivity contribution in [1.29, 1.82) is 0 Å². The zero-order chi connectivity index (χ0) is 18.3. The highest BCUT2D eigenvalue weighted by molar-refractivity contribution is 7.18. The minimum atomic E-state index is -0.513. The van der Waals surface area contributed by atoms with Crippen LogP contribution in [0.3, 0.4) is 0 Å². The molecule has 1 amide bonds. The molecule has 0 aliphatic carbocycles. The number of aliphatic hydroxyl groups excluding tert-OH is 1. The molecule has 2 heterocycles. The first kappa shape index (κ1) is 17.6. The molecule has 2 N–H and O–H groups in total. The second-order valence-corrected chi connectivity index (χ2v) is 7.31. The summed E-state index contributed by atoms with van der Waals surface area (Å²) in [6, 6.07) is 4.78. The van der Waals surface area contributed by atoms with Crippen molar-refractivity contribution in [3.05, 3.63) is 45.6 Å². The van der Waals surface area contributed by atoms with Crippen LogP contribution in [0.2, 0.25) is 0 Å². The third-order valence-corrected chi connectivity index (χ3v) is 5.51. The number of rotatable bonds is 4. The summed E-state index contributed by atoms with van der Waals surface area (Å²) < 4.78 is 14.2. The minimum Gasteiger partial charge on any atom is -0.389 e. The van der Waals surface area contributed by atoms with Gasteiger partial charge in [-0.2, -0.15) is 0 Å². The number of hydrogen-bond acceptors (Lipinski definition) is 5. The van der Waals surface area contributed by atoms with Crippen molar-refractivity contribution in [3.8, 4) is 0 Å². The van der Waals surface area contributed by atoms with Crippen LogP contribution in [0.15, 0.2) is 18.2 Å². The number of amides is 1. The van der Waals surface area contributed by atoms with E-state index in [2.05, 4.69) is 5.32 Å². The Bertz CT molecular complexity index is 856. The van der Waals surface area contributed by atoms with E-state index in [0.717, 1.165) is 16.9 Å². The summed E-state index contributed by atoms with van der Waals surface area (Å²) in [5, 5.41) is 12.8. The van der Waals surface area contributed by atoms with Gasteiger partial charge in [-0.05, 0) is 44.0 Å². The maximum atomic E-state index is 14.2. The predicted molar refractivity (Wildman–Crippen MR) is 95.4 cm³/mol. The minimum absolute atomic E-state index is 0.141. The molecule has 1 aliphatic heterocycles. The van der Waals surface area contributed by atoms with Gasteiger partial charge in [0.2, 0.25) is 0 Å². The molecule has 25 heavy (non-hydrogen) atoms. The standard InChI is InChI=1S/C18H19FN2O3S/c1-9-4-5-14(13(19)6-9)20-17-15(10(2)16(25-17)11(3)22)18(24)21-7-12(23)8-21/h4-6,12,20,23H,7-8H2,1-3H3. The number of carbonyl (C=O) groups excluding carboxylic acids is 2. The Morgan fingerprint density at radius 3 is 2.56 bits per heavy atom. The van der Waals surface area contributed by atoms with Crippen molar-refractivity contribution in [3.63, 3.8) is 0 Å². The highest BCUT2D eigenvalue weighted by atomic mass is 32.1. The number of β-amino-alcohol motifs (C(OH)–C–C–N with tert-alkyl or cyclic N) is 1. The van der Waals surface area contributed by atoms with Crippen LogP contribution in [0.25, 0.3) is 0 Å². The van der Waals surface area contributed by atoms with E-state index in [4.69, 9.17) is 0 Å². The number of hydrogen-bond donors (Lipinski definition) is 2. The highest BCUT2D eigenvalue weighted by Gasteiger charge is 2.33. The smallest absolute Gasteiger partial charge is 0.257 e. The van der Waals surface area contributed by atoms with Crippen LogP contribution >= 0.6 is 11.3 Å². The van der Waals surface area contributed by atoms with E-state index in [9.17, 15) is 19.1 Å². The molecule has 0 bridgehead atoms. The van der Waals surface area contributed by atoms with E-state index < -0.39 is 11.9 Å². The van der Waals surface area contributed by atoms with E-state index in [1.165, 1.54) is 17.9 Å². The van der Waals surface area contributed by atoms with Crippen LogP contribution in [-0.4, -0.2) is 40.9 Å². The zero-order valence-corrected chi connectivity index (χ0v) is 15.0. The van der Waals surface area contributed by atoms with E-state index in [1.54, 1.807) is 26.0 Å². The molecule has 0 unspecified atom stereocenters. The molecule has 3 rings (SSSR count). The largest absolute Gasteiger partial charge is 0.389 e. The number of ketones is 1. The second-order valence-electron chi connectivity index (χ2n) is 6.29. The number of anilines is 2. The van der Waals surface area contributed by atoms with E-state index in [1.807, 2.05) is 0 Å². The summed E-state index contributed by atoms with van der Waals surface area (Å²) in [5.74, 6) is -0.826. The van der Waals surface area contributed by atoms with Crippen molar-refractivity contribution in [2.45, 2.75) is 26.9 Å². The maximum Gasteiger partial charge on any atom is 0.257 e. The molecule has 1 saturated heterocycles. The van der Waals surface area contributed by atoms with Crippen molar-refractivity contribution < 1.29 is 19.1 Å². The number of carbonyl (C=O) groups is 2. The number of thiophene rings is 1. The molecule has 7 heteroatoms. The van der Waals surface area contributed by atoms with Gasteiger partial charge in [0, 0.05) is 13.1 Å². The van der Waals surface area contributed by atoms with Gasteiger partial charge < -0.3 is 15.3 Å². The quantitative estimate of drug-likeness (QED) is 0.819. The first-order valence-corrected chi connectivity index (χ1v) is 8.74. The second kappa shape index (κ2) is 6.57. The number of Topliss-reactive ketones (excluding diaryl/α,β-unsaturated/α-hetero) is 1. The number of nitrogens with zero attached hydrogens (tertiary/aromatic N) is 1. The summed E-state index contributed by atoms with van der Waals surface area (Å²) in [4.78, 5) is 26.6. The Morgan fingerprint density at radius 1 is 1.32 bits per heavy atom. The average molecular weight is 362 g/mol. The first-order chi connectivity index (χ1) is 11.8. The molecule has 1 fully saturated rings. The van der Waals surface area contributed by atoms with Crippen molar-refractivity contribution >= 4 is 33.7 Å². The van der Waals surface area contributed by atoms with Gasteiger partial charge in [0.15, 0.2) is 5.78 Å². The third-order valence-electron chi connectivity index (χ3n) is 4.20. The van der Waals surface area contributed by atoms with Gasteiger partial charge in [0.05, 0.1) is 22.2 Å². The fraction of sp³-hybridized carbons (Fsp3) is 0.333. The number of aryl methyl sites for hydroxylation is 1. The van der Waals surface area contributed by atoms with Crippen LogP contribution < -0.4 is 5.32 Å². The predicted octanol–water partition coefficient (Wildman–Crippen LogP) is 3.27. The number of nitrogens with one attached hydrogen (secondary N) is 1. The summed E-state index contributed by atoms with van der Waals surface area (Å²) in [6.45, 7) is 5.48. The molecular formula is C18H19FN2O3S. The lowest BCUT2D eigenvalue weighted by atomic mass is 10.1. The SMILES string of the molecule is CC(=O)c1sc(Nc2ccc(C)cc2F)c(C(=O)N2CC(O)C2)c1C. The molecule has 0 radical (unpaired) electrons. The summed E-state index contributed by atoms with van der Waals surface area (Å²) in [6.07, 6.45) is -0.513. The van der Waals surface area contributed by atoms with E-state index >= 15 is 0 Å². The molecule has 1 aromatic heterocycles. The third kappa shape index (κ3) is 3.29. The van der Waals surface area contributed by atoms with Gasteiger partial charge in [-0.3, -0.25) is 9.59 Å². The van der Waals surface area contributed by atoms with Gasteiger partial charge in [-0.15, -0.1) is 11.3 Å². The molecule has 2 aromatic rings. The fourth-order valence-electron chi connectivity index (χ4n) is 2.82. The highest BCUT2D eigenvalue weighted by Crippen LogP contribution is 2.37. The molecule has 1 aromatic carbocycles. The fourth-order valence-corrected chi connectivity index (χ4v) is 3.92. The maximum absolute atomic E-state index is 14.2. The molecule has 0 atom stereocenters. The van der Waals surface area contributed by atoms with Crippen molar-refractivity contribution in [2.24, 2.45) is 0 Å². The lowest BCUT2D eigenvalue weighted by molar-refractivity contribution is 0.00594. The Hall–Kier alpha value is -2.25. The van der Waals surface area contributed by atoms with Gasteiger partial charge >= 0.3 is 0 Å². The number of benzene rings is 1. The van der Waals surface area contributed by atoms with Crippen molar-refractivity contribution in [1.82, 2.24) is 4.90 Å². The Kier molecular flexibility index (Phi) is 4.62. The van der Waals surface area contributed by atoms with Gasteiger partial charge in [0.1, 0.15) is 10.8 Å². The molecule has 5 nitrogen and oxygen atoms in total. The molecule has 1 aliphatic rings. The number of likely N-dealkylation sites (tertiary alicyclic amines) is 1. The Labute approximate surface area is 149 Å². The normalized spacial score (nSPS) is 14.4. The van der Waals surface area contributed by atoms with Gasteiger partial charge in [0.25, 0.3) is 5.91 Å². The molecule has 0 spiro atoms. The number of halogens is 1. The van der Waals surface area contributed by atoms with E-state index in [0.29, 0.717) is 21.0 Å². The summed E-state index contributed by atoms with van der Waals surface area (Å²) in [5.41, 5.74) is 1.99. The average Bonchev–Trinajstić information content (AvgIpc) is 2.83. The van der Waals surface area contributed by atoms with Gasteiger partial charge in [-0.25, -0.2) is 4.39 Å². The van der Waals surface area contributed by atoms with Crippen LogP contribution in [0.1, 0.15) is 38.1 Å². The summed E-state index contributed by atoms with van der Waals surface area (Å²) in [7, 11) is 0. The van der Waals surface area contributed by atoms with Crippen LogP contribution in [0.5, 0.6) is 0 Å². The Morgan fingerprint density at radius 2 is 2.00 bits per heavy atom. The van der Waals surface area contributed by atoms with Crippen LogP contribution in [0.4, 0.5) is 15.1 Å². The van der Waals surface area contributed by atoms with Crippen LogP contribution in [-0.2, 0) is 0 Å². The first-order valence-electron chi connectivity index (χ1n) is 7.92. The van der Waals surface area contributed by atoms with Gasteiger partial charge in [-0.1, -0.05) is 6.07 Å². The van der Waals surface area contributed by atoms with E-state index in [-0.39, 0.29) is 30.5 Å². The molecule has 0 saturated carbocycles. The number of aliphatic hydroxyl groups is 1. The zero-order valence-electron chi connectivity index (χ0n) is 14.2. The topological polar surface area (TPSA) is 69.6 Å². The lowest BCUT2D eigenvalue weighted by Crippen LogP contribution is -2.53. The molecular weight excluding hydrogens is 343 g/mol. The molecule has 132 valence electrons. The summed E-state index contributed by atoms with van der Waals surface area (Å²) >= 11 is 1.15.